The summed E-state index contributed by atoms with van der Waals surface area (Å²) >= 11 is 0. The van der Waals surface area contributed by atoms with E-state index in [0.717, 1.165) is 12.0 Å². The maximum absolute atomic E-state index is 3.67. The minimum absolute atomic E-state index is 0.812. The molecule has 0 radical (unpaired) electrons. The Morgan fingerprint density at radius 3 is 3.08 bits per heavy atom. The summed E-state index contributed by atoms with van der Waals surface area (Å²) in [4.78, 5) is 2.58. The number of hydrogen-bond donors (Lipinski definition) is 1. The van der Waals surface area contributed by atoms with Crippen LogP contribution in [0.3, 0.4) is 0 Å². The maximum Gasteiger partial charge on any atom is 0.0235 e. The van der Waals surface area contributed by atoms with Crippen LogP contribution in [0.25, 0.3) is 0 Å². The van der Waals surface area contributed by atoms with Crippen LogP contribution < -0.4 is 5.32 Å². The van der Waals surface area contributed by atoms with Crippen LogP contribution >= 0.6 is 0 Å². The molecule has 2 aliphatic rings. The average Bonchev–Trinajstić information content (AvgIpc) is 2.37. The van der Waals surface area contributed by atoms with E-state index in [0.29, 0.717) is 0 Å². The van der Waals surface area contributed by atoms with E-state index in [4.69, 9.17) is 0 Å². The van der Waals surface area contributed by atoms with E-state index >= 15 is 0 Å². The first-order valence-corrected chi connectivity index (χ1v) is 5.36. The Balaban J connectivity index is 1.92. The van der Waals surface area contributed by atoms with Crippen molar-refractivity contribution in [2.75, 3.05) is 26.2 Å². The average molecular weight is 168 g/mol. The Bertz CT molecular complexity index is 133. The van der Waals surface area contributed by atoms with Gasteiger partial charge in [-0.1, -0.05) is 13.3 Å². The third kappa shape index (κ3) is 1.64. The van der Waals surface area contributed by atoms with E-state index in [1.54, 1.807) is 0 Å². The van der Waals surface area contributed by atoms with Gasteiger partial charge in [0, 0.05) is 19.1 Å². The molecule has 0 amide bonds. The number of likely N-dealkylation sites (tertiary alicyclic amines) is 1. The molecule has 0 aromatic rings. The first-order chi connectivity index (χ1) is 5.90. The second-order valence-corrected chi connectivity index (χ2v) is 4.17. The van der Waals surface area contributed by atoms with Gasteiger partial charge in [-0.3, -0.25) is 0 Å². The zero-order valence-electron chi connectivity index (χ0n) is 8.05. The molecule has 2 fully saturated rings. The van der Waals surface area contributed by atoms with Crippen molar-refractivity contribution in [2.45, 2.75) is 32.2 Å². The van der Waals surface area contributed by atoms with E-state index in [1.165, 1.54) is 45.4 Å². The lowest BCUT2D eigenvalue weighted by Gasteiger charge is -2.14. The SMILES string of the molecule is CCN1CC2CCCCNC2C1. The van der Waals surface area contributed by atoms with Crippen molar-refractivity contribution in [1.82, 2.24) is 10.2 Å². The number of nitrogens with one attached hydrogen (secondary N) is 1. The first kappa shape index (κ1) is 8.52. The topological polar surface area (TPSA) is 15.3 Å². The molecule has 12 heavy (non-hydrogen) atoms. The Morgan fingerprint density at radius 1 is 1.33 bits per heavy atom. The van der Waals surface area contributed by atoms with Gasteiger partial charge in [0.2, 0.25) is 0 Å². The van der Waals surface area contributed by atoms with Crippen LogP contribution in [0.15, 0.2) is 0 Å². The molecule has 70 valence electrons. The molecular formula is C10H20N2. The van der Waals surface area contributed by atoms with Gasteiger partial charge in [0.1, 0.15) is 0 Å². The van der Waals surface area contributed by atoms with Gasteiger partial charge in [-0.15, -0.1) is 0 Å². The number of hydrogen-bond acceptors (Lipinski definition) is 2. The monoisotopic (exact) mass is 168 g/mol. The molecule has 2 aliphatic heterocycles. The smallest absolute Gasteiger partial charge is 0.0235 e. The summed E-state index contributed by atoms with van der Waals surface area (Å²) in [6.07, 6.45) is 4.28. The van der Waals surface area contributed by atoms with Crippen LogP contribution in [-0.4, -0.2) is 37.1 Å². The molecular weight excluding hydrogens is 148 g/mol. The third-order valence-electron chi connectivity index (χ3n) is 3.37. The van der Waals surface area contributed by atoms with Gasteiger partial charge in [0.25, 0.3) is 0 Å². The summed E-state index contributed by atoms with van der Waals surface area (Å²) in [5.74, 6) is 0.951. The Morgan fingerprint density at radius 2 is 2.25 bits per heavy atom. The number of likely N-dealkylation sites (N-methyl/N-ethyl adjacent to an activating group) is 1. The minimum atomic E-state index is 0.812. The second kappa shape index (κ2) is 3.75. The number of nitrogens with zero attached hydrogens (tertiary/aromatic N) is 1. The van der Waals surface area contributed by atoms with Gasteiger partial charge >= 0.3 is 0 Å². The molecule has 2 saturated heterocycles. The third-order valence-corrected chi connectivity index (χ3v) is 3.37. The van der Waals surface area contributed by atoms with E-state index in [2.05, 4.69) is 17.1 Å². The van der Waals surface area contributed by atoms with Gasteiger partial charge in [-0.25, -0.2) is 0 Å². The van der Waals surface area contributed by atoms with Gasteiger partial charge in [0.05, 0.1) is 0 Å². The Kier molecular flexibility index (Phi) is 2.66. The number of rotatable bonds is 1. The summed E-state index contributed by atoms with van der Waals surface area (Å²) in [5.41, 5.74) is 0. The fraction of sp³-hybridized carbons (Fsp3) is 1.00. The molecule has 2 heterocycles. The fourth-order valence-electron chi connectivity index (χ4n) is 2.56. The highest BCUT2D eigenvalue weighted by molar-refractivity contribution is 4.89. The molecule has 0 aromatic carbocycles. The quantitative estimate of drug-likeness (QED) is 0.630. The van der Waals surface area contributed by atoms with Gasteiger partial charge < -0.3 is 10.2 Å². The van der Waals surface area contributed by atoms with E-state index in [-0.39, 0.29) is 0 Å². The van der Waals surface area contributed by atoms with Crippen molar-refractivity contribution in [3.8, 4) is 0 Å². The van der Waals surface area contributed by atoms with Crippen molar-refractivity contribution < 1.29 is 0 Å². The normalized spacial score (nSPS) is 37.8. The first-order valence-electron chi connectivity index (χ1n) is 5.36. The van der Waals surface area contributed by atoms with Gasteiger partial charge in [-0.2, -0.15) is 0 Å². The molecule has 2 rings (SSSR count). The lowest BCUT2D eigenvalue weighted by atomic mass is 9.99. The van der Waals surface area contributed by atoms with Gasteiger partial charge in [-0.05, 0) is 31.8 Å². The predicted octanol–water partition coefficient (Wildman–Crippen LogP) is 1.08. The molecule has 2 unspecified atom stereocenters. The van der Waals surface area contributed by atoms with Gasteiger partial charge in [0.15, 0.2) is 0 Å². The molecule has 2 atom stereocenters. The molecule has 0 aliphatic carbocycles. The Hall–Kier alpha value is -0.0800. The van der Waals surface area contributed by atoms with Crippen molar-refractivity contribution in [1.29, 1.82) is 0 Å². The van der Waals surface area contributed by atoms with Crippen LogP contribution in [0, 0.1) is 5.92 Å². The molecule has 1 N–H and O–H groups in total. The molecule has 0 saturated carbocycles. The lowest BCUT2D eigenvalue weighted by Crippen LogP contribution is -2.35. The molecule has 2 heteroatoms. The highest BCUT2D eigenvalue weighted by atomic mass is 15.2. The highest BCUT2D eigenvalue weighted by Crippen LogP contribution is 2.24. The summed E-state index contributed by atoms with van der Waals surface area (Å²) in [7, 11) is 0. The second-order valence-electron chi connectivity index (χ2n) is 4.17. The van der Waals surface area contributed by atoms with Crippen molar-refractivity contribution in [3.63, 3.8) is 0 Å². The predicted molar refractivity (Wildman–Crippen MR) is 51.2 cm³/mol. The standard InChI is InChI=1S/C10H20N2/c1-2-12-7-9-5-3-4-6-11-10(9)8-12/h9-11H,2-8H2,1H3. The zero-order chi connectivity index (χ0) is 8.39. The van der Waals surface area contributed by atoms with E-state index < -0.39 is 0 Å². The van der Waals surface area contributed by atoms with Crippen molar-refractivity contribution in [3.05, 3.63) is 0 Å². The molecule has 0 spiro atoms. The van der Waals surface area contributed by atoms with Crippen LogP contribution in [-0.2, 0) is 0 Å². The molecule has 0 bridgehead atoms. The van der Waals surface area contributed by atoms with Crippen LogP contribution in [0.5, 0.6) is 0 Å². The van der Waals surface area contributed by atoms with Crippen LogP contribution in [0.4, 0.5) is 0 Å². The van der Waals surface area contributed by atoms with Crippen molar-refractivity contribution >= 4 is 0 Å². The Labute approximate surface area is 75.3 Å². The maximum atomic E-state index is 3.67. The summed E-state index contributed by atoms with van der Waals surface area (Å²) in [6, 6.07) is 0.812. The van der Waals surface area contributed by atoms with Crippen LogP contribution in [0.1, 0.15) is 26.2 Å². The number of fused-ring (bicyclic) bond motifs is 1. The minimum Gasteiger partial charge on any atom is -0.312 e. The largest absolute Gasteiger partial charge is 0.312 e. The molecule has 2 nitrogen and oxygen atoms in total. The fourth-order valence-corrected chi connectivity index (χ4v) is 2.56. The lowest BCUT2D eigenvalue weighted by molar-refractivity contribution is 0.333. The van der Waals surface area contributed by atoms with E-state index in [9.17, 15) is 0 Å². The summed E-state index contributed by atoms with van der Waals surface area (Å²) in [6.45, 7) is 7.38. The van der Waals surface area contributed by atoms with Crippen LogP contribution in [0.2, 0.25) is 0 Å². The van der Waals surface area contributed by atoms with Crippen molar-refractivity contribution in [2.24, 2.45) is 5.92 Å². The summed E-state index contributed by atoms with van der Waals surface area (Å²) < 4.78 is 0. The molecule has 0 aromatic heterocycles. The van der Waals surface area contributed by atoms with E-state index in [1.807, 2.05) is 0 Å². The summed E-state index contributed by atoms with van der Waals surface area (Å²) in [5, 5.41) is 3.67. The highest BCUT2D eigenvalue weighted by Gasteiger charge is 2.31. The zero-order valence-corrected chi connectivity index (χ0v) is 8.05.